The average Bonchev–Trinajstić information content (AvgIpc) is 2.36. The molecule has 1 N–H and O–H groups in total. The zero-order chi connectivity index (χ0) is 14.3. The minimum atomic E-state index is 0.525. The molecular formula is C16H28N2O. The molecule has 0 atom stereocenters. The zero-order valence-corrected chi connectivity index (χ0v) is 13.0. The van der Waals surface area contributed by atoms with Gasteiger partial charge in [-0.2, -0.15) is 0 Å². The second kappa shape index (κ2) is 8.18. The maximum absolute atomic E-state index is 5.10. The van der Waals surface area contributed by atoms with Gasteiger partial charge in [-0.1, -0.05) is 26.0 Å². The molecule has 3 heteroatoms. The molecule has 0 unspecified atom stereocenters. The first kappa shape index (κ1) is 16.0. The van der Waals surface area contributed by atoms with Crippen LogP contribution in [-0.4, -0.2) is 33.4 Å². The van der Waals surface area contributed by atoms with Gasteiger partial charge in [0.25, 0.3) is 0 Å². The number of rotatable bonds is 8. The Bertz CT molecular complexity index is 377. The van der Waals surface area contributed by atoms with E-state index in [1.807, 2.05) is 0 Å². The highest BCUT2D eigenvalue weighted by Crippen LogP contribution is 2.20. The van der Waals surface area contributed by atoms with Crippen LogP contribution >= 0.6 is 0 Å². The number of hydrogen-bond donors (Lipinski definition) is 1. The molecule has 0 radical (unpaired) electrons. The van der Waals surface area contributed by atoms with Crippen molar-refractivity contribution in [1.82, 2.24) is 5.32 Å². The smallest absolute Gasteiger partial charge is 0.0479 e. The Morgan fingerprint density at radius 1 is 1.32 bits per heavy atom. The Balaban J connectivity index is 2.60. The molecule has 0 aromatic heterocycles. The van der Waals surface area contributed by atoms with Crippen LogP contribution in [-0.2, 0) is 11.3 Å². The molecule has 0 aliphatic carbocycles. The number of ether oxygens (including phenoxy) is 1. The van der Waals surface area contributed by atoms with E-state index in [1.165, 1.54) is 16.8 Å². The number of nitrogens with zero attached hydrogens (tertiary/aromatic N) is 1. The van der Waals surface area contributed by atoms with Gasteiger partial charge in [0.15, 0.2) is 0 Å². The van der Waals surface area contributed by atoms with E-state index in [-0.39, 0.29) is 0 Å². The van der Waals surface area contributed by atoms with Gasteiger partial charge < -0.3 is 15.0 Å². The van der Waals surface area contributed by atoms with Gasteiger partial charge >= 0.3 is 0 Å². The lowest BCUT2D eigenvalue weighted by Gasteiger charge is -2.22. The van der Waals surface area contributed by atoms with Crippen molar-refractivity contribution in [3.05, 3.63) is 29.3 Å². The third-order valence-corrected chi connectivity index (χ3v) is 3.23. The van der Waals surface area contributed by atoms with E-state index >= 15 is 0 Å². The van der Waals surface area contributed by atoms with E-state index in [0.29, 0.717) is 6.04 Å². The largest absolute Gasteiger partial charge is 0.385 e. The number of methoxy groups -OCH3 is 1. The molecule has 3 nitrogen and oxygen atoms in total. The lowest BCUT2D eigenvalue weighted by molar-refractivity contribution is 0.196. The topological polar surface area (TPSA) is 24.5 Å². The van der Waals surface area contributed by atoms with Crippen LogP contribution in [0.1, 0.15) is 31.4 Å². The highest BCUT2D eigenvalue weighted by atomic mass is 16.5. The predicted molar refractivity (Wildman–Crippen MR) is 82.9 cm³/mol. The fourth-order valence-corrected chi connectivity index (χ4v) is 2.14. The van der Waals surface area contributed by atoms with Crippen molar-refractivity contribution in [3.63, 3.8) is 0 Å². The van der Waals surface area contributed by atoms with Gasteiger partial charge in [-0.05, 0) is 30.5 Å². The molecule has 0 bridgehead atoms. The molecule has 0 saturated carbocycles. The maximum Gasteiger partial charge on any atom is 0.0479 e. The predicted octanol–water partition coefficient (Wildman–Crippen LogP) is 2.97. The molecule has 0 amide bonds. The molecule has 0 spiro atoms. The molecular weight excluding hydrogens is 236 g/mol. The number of aryl methyl sites for hydroxylation is 1. The fraction of sp³-hybridized carbons (Fsp3) is 0.625. The summed E-state index contributed by atoms with van der Waals surface area (Å²) in [7, 11) is 3.89. The van der Waals surface area contributed by atoms with Crippen molar-refractivity contribution in [2.45, 2.75) is 39.8 Å². The maximum atomic E-state index is 5.10. The van der Waals surface area contributed by atoms with E-state index in [9.17, 15) is 0 Å². The molecule has 0 heterocycles. The molecule has 0 saturated heterocycles. The summed E-state index contributed by atoms with van der Waals surface area (Å²) in [6.45, 7) is 9.31. The van der Waals surface area contributed by atoms with Crippen LogP contribution in [0.5, 0.6) is 0 Å². The van der Waals surface area contributed by atoms with Crippen molar-refractivity contribution >= 4 is 5.69 Å². The standard InChI is InChI=1S/C16H28N2O/c1-13(2)17-12-15-7-8-16(14(3)11-15)18(4)9-6-10-19-5/h7-8,11,13,17H,6,9-10,12H2,1-5H3. The van der Waals surface area contributed by atoms with Crippen LogP contribution in [0.3, 0.4) is 0 Å². The second-order valence-electron chi connectivity index (χ2n) is 5.42. The van der Waals surface area contributed by atoms with Gasteiger partial charge in [0, 0.05) is 45.6 Å². The zero-order valence-electron chi connectivity index (χ0n) is 13.0. The lowest BCUT2D eigenvalue weighted by Crippen LogP contribution is -2.23. The Labute approximate surface area is 118 Å². The highest BCUT2D eigenvalue weighted by Gasteiger charge is 2.05. The molecule has 1 aromatic carbocycles. The fourth-order valence-electron chi connectivity index (χ4n) is 2.14. The SMILES string of the molecule is COCCCN(C)c1ccc(CNC(C)C)cc1C. The van der Waals surface area contributed by atoms with E-state index < -0.39 is 0 Å². The van der Waals surface area contributed by atoms with Gasteiger partial charge in [0.05, 0.1) is 0 Å². The third kappa shape index (κ3) is 5.62. The van der Waals surface area contributed by atoms with Crippen LogP contribution < -0.4 is 10.2 Å². The first-order valence-corrected chi connectivity index (χ1v) is 7.07. The number of benzene rings is 1. The summed E-state index contributed by atoms with van der Waals surface area (Å²) < 4.78 is 5.10. The van der Waals surface area contributed by atoms with E-state index in [0.717, 1.165) is 26.1 Å². The van der Waals surface area contributed by atoms with Gasteiger partial charge in [0.1, 0.15) is 0 Å². The number of hydrogen-bond acceptors (Lipinski definition) is 3. The molecule has 0 aliphatic rings. The van der Waals surface area contributed by atoms with E-state index in [4.69, 9.17) is 4.74 Å². The van der Waals surface area contributed by atoms with Crippen molar-refractivity contribution in [2.24, 2.45) is 0 Å². The summed E-state index contributed by atoms with van der Waals surface area (Å²) in [6.07, 6.45) is 1.06. The Hall–Kier alpha value is -1.06. The van der Waals surface area contributed by atoms with Crippen LogP contribution in [0.15, 0.2) is 18.2 Å². The minimum Gasteiger partial charge on any atom is -0.385 e. The quantitative estimate of drug-likeness (QED) is 0.731. The van der Waals surface area contributed by atoms with Crippen molar-refractivity contribution in [1.29, 1.82) is 0 Å². The Morgan fingerprint density at radius 2 is 2.05 bits per heavy atom. The third-order valence-electron chi connectivity index (χ3n) is 3.23. The van der Waals surface area contributed by atoms with Gasteiger partial charge in [-0.3, -0.25) is 0 Å². The molecule has 1 aromatic rings. The summed E-state index contributed by atoms with van der Waals surface area (Å²) in [5, 5.41) is 3.45. The van der Waals surface area contributed by atoms with E-state index in [2.05, 4.69) is 56.2 Å². The second-order valence-corrected chi connectivity index (χ2v) is 5.42. The summed E-state index contributed by atoms with van der Waals surface area (Å²) in [4.78, 5) is 2.30. The summed E-state index contributed by atoms with van der Waals surface area (Å²) in [5.74, 6) is 0. The van der Waals surface area contributed by atoms with Crippen LogP contribution in [0, 0.1) is 6.92 Å². The summed E-state index contributed by atoms with van der Waals surface area (Å²) in [6, 6.07) is 7.23. The number of anilines is 1. The van der Waals surface area contributed by atoms with Gasteiger partial charge in [-0.15, -0.1) is 0 Å². The Morgan fingerprint density at radius 3 is 2.63 bits per heavy atom. The minimum absolute atomic E-state index is 0.525. The monoisotopic (exact) mass is 264 g/mol. The molecule has 1 rings (SSSR count). The van der Waals surface area contributed by atoms with Crippen LogP contribution in [0.2, 0.25) is 0 Å². The average molecular weight is 264 g/mol. The first-order chi connectivity index (χ1) is 9.04. The van der Waals surface area contributed by atoms with E-state index in [1.54, 1.807) is 7.11 Å². The molecule has 19 heavy (non-hydrogen) atoms. The number of nitrogens with one attached hydrogen (secondary N) is 1. The van der Waals surface area contributed by atoms with Gasteiger partial charge in [0.2, 0.25) is 0 Å². The van der Waals surface area contributed by atoms with Crippen LogP contribution in [0.4, 0.5) is 5.69 Å². The normalized spacial score (nSPS) is 11.1. The molecule has 0 fully saturated rings. The highest BCUT2D eigenvalue weighted by molar-refractivity contribution is 5.53. The molecule has 0 aliphatic heterocycles. The lowest BCUT2D eigenvalue weighted by atomic mass is 10.1. The summed E-state index contributed by atoms with van der Waals surface area (Å²) in [5.41, 5.74) is 3.99. The summed E-state index contributed by atoms with van der Waals surface area (Å²) >= 11 is 0. The van der Waals surface area contributed by atoms with Crippen LogP contribution in [0.25, 0.3) is 0 Å². The van der Waals surface area contributed by atoms with Crippen molar-refractivity contribution in [2.75, 3.05) is 32.2 Å². The Kier molecular flexibility index (Phi) is 6.89. The first-order valence-electron chi connectivity index (χ1n) is 7.07. The van der Waals surface area contributed by atoms with Crippen molar-refractivity contribution < 1.29 is 4.74 Å². The van der Waals surface area contributed by atoms with Gasteiger partial charge in [-0.25, -0.2) is 0 Å². The molecule has 108 valence electrons. The van der Waals surface area contributed by atoms with Crippen molar-refractivity contribution in [3.8, 4) is 0 Å².